The number of hydrogen-bond donors (Lipinski definition) is 1. The van der Waals surface area contributed by atoms with Crippen molar-refractivity contribution < 1.29 is 9.53 Å². The van der Waals surface area contributed by atoms with E-state index in [4.69, 9.17) is 4.74 Å². The van der Waals surface area contributed by atoms with Gasteiger partial charge >= 0.3 is 0 Å². The minimum Gasteiger partial charge on any atom is -0.487 e. The van der Waals surface area contributed by atoms with Gasteiger partial charge in [-0.1, -0.05) is 6.07 Å². The van der Waals surface area contributed by atoms with E-state index in [0.717, 1.165) is 36.6 Å². The maximum atomic E-state index is 12.7. The van der Waals surface area contributed by atoms with Gasteiger partial charge in [-0.15, -0.1) is 36.2 Å². The van der Waals surface area contributed by atoms with Gasteiger partial charge in [0.2, 0.25) is 0 Å². The highest BCUT2D eigenvalue weighted by atomic mass is 35.5. The van der Waals surface area contributed by atoms with Crippen LogP contribution in [0.3, 0.4) is 0 Å². The van der Waals surface area contributed by atoms with Crippen molar-refractivity contribution in [1.82, 2.24) is 15.2 Å². The molecule has 0 saturated carbocycles. The first-order valence-corrected chi connectivity index (χ1v) is 9.13. The second-order valence-electron chi connectivity index (χ2n) is 6.07. The summed E-state index contributed by atoms with van der Waals surface area (Å²) in [4.78, 5) is 19.0. The molecule has 3 rings (SSSR count). The van der Waals surface area contributed by atoms with Crippen molar-refractivity contribution in [1.29, 1.82) is 0 Å². The summed E-state index contributed by atoms with van der Waals surface area (Å²) in [6, 6.07) is 7.71. The Morgan fingerprint density at radius 3 is 2.73 bits per heavy atom. The Hall–Kier alpha value is -1.34. The molecule has 26 heavy (non-hydrogen) atoms. The van der Waals surface area contributed by atoms with Crippen LogP contribution < -0.4 is 10.1 Å². The number of ether oxygens (including phenoxy) is 1. The fourth-order valence-corrected chi connectivity index (χ4v) is 3.51. The smallest absolute Gasteiger partial charge is 0.253 e. The van der Waals surface area contributed by atoms with Crippen molar-refractivity contribution in [3.63, 3.8) is 0 Å². The predicted octanol–water partition coefficient (Wildman–Crippen LogP) is 3.70. The number of carbonyl (C=O) groups excluding carboxylic acids is 1. The Morgan fingerprint density at radius 2 is 2.08 bits per heavy atom. The van der Waals surface area contributed by atoms with E-state index < -0.39 is 0 Å². The van der Waals surface area contributed by atoms with E-state index in [-0.39, 0.29) is 30.7 Å². The number of nitrogens with one attached hydrogen (secondary N) is 1. The number of halogens is 2. The van der Waals surface area contributed by atoms with Crippen LogP contribution in [0.5, 0.6) is 5.75 Å². The molecular weight excluding hydrogens is 393 g/mol. The third-order valence-electron chi connectivity index (χ3n) is 4.31. The monoisotopic (exact) mass is 417 g/mol. The third-order valence-corrected chi connectivity index (χ3v) is 5.13. The van der Waals surface area contributed by atoms with Gasteiger partial charge in [-0.3, -0.25) is 4.79 Å². The number of piperidine rings is 1. The lowest BCUT2D eigenvalue weighted by Gasteiger charge is -2.31. The summed E-state index contributed by atoms with van der Waals surface area (Å²) >= 11 is 1.61. The zero-order valence-corrected chi connectivity index (χ0v) is 17.4. The molecule has 144 valence electrons. The van der Waals surface area contributed by atoms with Crippen molar-refractivity contribution in [2.75, 3.05) is 20.1 Å². The van der Waals surface area contributed by atoms with Crippen LogP contribution in [0, 0.1) is 6.92 Å². The first-order valence-electron chi connectivity index (χ1n) is 8.25. The zero-order valence-electron chi connectivity index (χ0n) is 14.9. The minimum absolute atomic E-state index is 0. The number of nitrogens with zero attached hydrogens (tertiary/aromatic N) is 2. The van der Waals surface area contributed by atoms with Gasteiger partial charge in [-0.05, 0) is 51.1 Å². The molecule has 1 aromatic carbocycles. The summed E-state index contributed by atoms with van der Waals surface area (Å²) < 4.78 is 5.78. The van der Waals surface area contributed by atoms with E-state index in [9.17, 15) is 4.79 Å². The molecule has 0 atom stereocenters. The average Bonchev–Trinajstić information content (AvgIpc) is 3.05. The van der Waals surface area contributed by atoms with Gasteiger partial charge in [0.15, 0.2) is 0 Å². The highest BCUT2D eigenvalue weighted by molar-refractivity contribution is 7.09. The average molecular weight is 418 g/mol. The molecule has 1 saturated heterocycles. The van der Waals surface area contributed by atoms with Gasteiger partial charge in [0.25, 0.3) is 5.91 Å². The third kappa shape index (κ3) is 5.84. The summed E-state index contributed by atoms with van der Waals surface area (Å²) in [5.41, 5.74) is 1.59. The second kappa shape index (κ2) is 10.7. The van der Waals surface area contributed by atoms with Gasteiger partial charge in [-0.25, -0.2) is 4.98 Å². The summed E-state index contributed by atoms with van der Waals surface area (Å²) in [7, 11) is 1.89. The minimum atomic E-state index is 0. The lowest BCUT2D eigenvalue weighted by Crippen LogP contribution is -2.43. The van der Waals surface area contributed by atoms with E-state index >= 15 is 0 Å². The predicted molar refractivity (Wildman–Crippen MR) is 110 cm³/mol. The fraction of sp³-hybridized carbons (Fsp3) is 0.444. The maximum Gasteiger partial charge on any atom is 0.253 e. The zero-order chi connectivity index (χ0) is 16.9. The van der Waals surface area contributed by atoms with Crippen molar-refractivity contribution in [3.05, 3.63) is 45.9 Å². The van der Waals surface area contributed by atoms with Crippen LogP contribution in [0.1, 0.15) is 33.9 Å². The summed E-state index contributed by atoms with van der Waals surface area (Å²) in [6.07, 6.45) is 2.00. The lowest BCUT2D eigenvalue weighted by atomic mass is 10.0. The maximum absolute atomic E-state index is 12.7. The summed E-state index contributed by atoms with van der Waals surface area (Å²) in [5, 5.41) is 6.35. The molecule has 8 heteroatoms. The van der Waals surface area contributed by atoms with E-state index in [0.29, 0.717) is 24.0 Å². The van der Waals surface area contributed by atoms with Crippen LogP contribution in [0.25, 0.3) is 0 Å². The number of benzene rings is 1. The molecule has 1 aromatic heterocycles. The van der Waals surface area contributed by atoms with Crippen LogP contribution in [-0.4, -0.2) is 42.0 Å². The van der Waals surface area contributed by atoms with Gasteiger partial charge in [-0.2, -0.15) is 0 Å². The number of hydrogen-bond acceptors (Lipinski definition) is 5. The van der Waals surface area contributed by atoms with Crippen LogP contribution in [0.15, 0.2) is 29.6 Å². The largest absolute Gasteiger partial charge is 0.487 e. The molecule has 1 aliphatic heterocycles. The second-order valence-corrected chi connectivity index (χ2v) is 7.13. The van der Waals surface area contributed by atoms with Crippen LogP contribution in [0.4, 0.5) is 0 Å². The summed E-state index contributed by atoms with van der Waals surface area (Å²) in [5.74, 6) is 0.752. The molecule has 0 radical (unpaired) electrons. The van der Waals surface area contributed by atoms with Crippen molar-refractivity contribution in [3.8, 4) is 5.75 Å². The van der Waals surface area contributed by atoms with Crippen LogP contribution in [-0.2, 0) is 6.61 Å². The molecule has 2 aromatic rings. The molecule has 5 nitrogen and oxygen atoms in total. The highest BCUT2D eigenvalue weighted by Crippen LogP contribution is 2.19. The Labute approximate surface area is 171 Å². The molecule has 0 aliphatic carbocycles. The van der Waals surface area contributed by atoms with Gasteiger partial charge in [0.1, 0.15) is 12.4 Å². The quantitative estimate of drug-likeness (QED) is 0.805. The number of amides is 1. The van der Waals surface area contributed by atoms with Gasteiger partial charge in [0.05, 0.1) is 10.7 Å². The van der Waals surface area contributed by atoms with Crippen molar-refractivity contribution in [2.45, 2.75) is 32.4 Å². The highest BCUT2D eigenvalue weighted by Gasteiger charge is 2.23. The molecule has 0 bridgehead atoms. The molecule has 1 aliphatic rings. The standard InChI is InChI=1S/C18H23N3O2S.2ClH/c1-13-20-15(12-24-13)11-23-17-5-3-4-14(10-17)18(22)21(2)16-6-8-19-9-7-16;;/h3-5,10,12,16,19H,6-9,11H2,1-2H3;2*1H. The lowest BCUT2D eigenvalue weighted by molar-refractivity contribution is 0.0702. The van der Waals surface area contributed by atoms with Gasteiger partial charge in [0, 0.05) is 24.0 Å². The van der Waals surface area contributed by atoms with Crippen LogP contribution >= 0.6 is 36.2 Å². The van der Waals surface area contributed by atoms with E-state index in [2.05, 4.69) is 10.3 Å². The topological polar surface area (TPSA) is 54.5 Å². The SMILES string of the molecule is Cc1nc(COc2cccc(C(=O)N(C)C3CCNCC3)c2)cs1.Cl.Cl. The number of rotatable bonds is 5. The molecule has 1 fully saturated rings. The Balaban J connectivity index is 0.00000169. The number of aryl methyl sites for hydroxylation is 1. The summed E-state index contributed by atoms with van der Waals surface area (Å²) in [6.45, 7) is 4.34. The first kappa shape index (κ1) is 22.7. The number of carbonyl (C=O) groups is 1. The Bertz CT molecular complexity index is 705. The molecule has 1 N–H and O–H groups in total. The van der Waals surface area contributed by atoms with E-state index in [1.165, 1.54) is 0 Å². The first-order chi connectivity index (χ1) is 11.6. The molecule has 0 spiro atoms. The molecule has 2 heterocycles. The van der Waals surface area contributed by atoms with Gasteiger partial charge < -0.3 is 15.0 Å². The molecule has 1 amide bonds. The molecular formula is C18H25Cl2N3O2S. The molecule has 0 unspecified atom stereocenters. The fourth-order valence-electron chi connectivity index (χ4n) is 2.91. The van der Waals surface area contributed by atoms with Crippen LogP contribution in [0.2, 0.25) is 0 Å². The normalized spacial score (nSPS) is 14.1. The Morgan fingerprint density at radius 1 is 1.35 bits per heavy atom. The van der Waals surface area contributed by atoms with E-state index in [1.54, 1.807) is 11.3 Å². The number of aromatic nitrogens is 1. The van der Waals surface area contributed by atoms with E-state index in [1.807, 2.05) is 48.5 Å². The number of thiazole rings is 1. The Kier molecular flexibility index (Phi) is 9.36. The van der Waals surface area contributed by atoms with Crippen molar-refractivity contribution in [2.24, 2.45) is 0 Å². The van der Waals surface area contributed by atoms with Crippen molar-refractivity contribution >= 4 is 42.1 Å².